The van der Waals surface area contributed by atoms with E-state index in [2.05, 4.69) is 15.4 Å². The highest BCUT2D eigenvalue weighted by molar-refractivity contribution is 5.89. The van der Waals surface area contributed by atoms with Crippen molar-refractivity contribution < 1.29 is 41.7 Å². The first kappa shape index (κ1) is 24.7. The van der Waals surface area contributed by atoms with E-state index in [-0.39, 0.29) is 18.5 Å². The summed E-state index contributed by atoms with van der Waals surface area (Å²) in [5.41, 5.74) is -1.49. The van der Waals surface area contributed by atoms with E-state index in [4.69, 9.17) is 9.84 Å². The number of alkyl halides is 3. The van der Waals surface area contributed by atoms with Crippen LogP contribution < -0.4 is 15.4 Å². The fraction of sp³-hybridized carbons (Fsp3) is 0.600. The van der Waals surface area contributed by atoms with Crippen molar-refractivity contribution >= 4 is 17.6 Å². The van der Waals surface area contributed by atoms with E-state index in [1.165, 1.54) is 0 Å². The van der Waals surface area contributed by atoms with Crippen LogP contribution in [0, 0.1) is 11.7 Å². The van der Waals surface area contributed by atoms with Crippen LogP contribution in [0.5, 0.6) is 5.75 Å². The summed E-state index contributed by atoms with van der Waals surface area (Å²) in [4.78, 5) is 22.9. The number of aromatic carboxylic acids is 1. The van der Waals surface area contributed by atoms with Crippen molar-refractivity contribution in [1.82, 2.24) is 5.32 Å². The molecule has 1 atom stereocenters. The van der Waals surface area contributed by atoms with Gasteiger partial charge in [-0.05, 0) is 58.6 Å². The third kappa shape index (κ3) is 7.57. The number of anilines is 1. The Balaban J connectivity index is 1.98. The zero-order valence-electron chi connectivity index (χ0n) is 17.6. The number of carboxylic acids is 1. The Hall–Kier alpha value is -2.56. The molecule has 0 bridgehead atoms. The molecule has 1 fully saturated rings. The second kappa shape index (κ2) is 9.29. The van der Waals surface area contributed by atoms with Crippen LogP contribution in [0.4, 0.5) is 23.2 Å². The summed E-state index contributed by atoms with van der Waals surface area (Å²) >= 11 is 0. The number of halogens is 4. The minimum absolute atomic E-state index is 0.00594. The lowest BCUT2D eigenvalue weighted by molar-refractivity contribution is -0.275. The van der Waals surface area contributed by atoms with Crippen LogP contribution in [-0.4, -0.2) is 47.6 Å². The quantitative estimate of drug-likeness (QED) is 0.408. The number of esters is 1. The Bertz CT molecular complexity index is 817. The van der Waals surface area contributed by atoms with E-state index in [0.29, 0.717) is 18.9 Å². The molecular formula is C20H26F4N2O5. The molecule has 0 amide bonds. The molecule has 0 radical (unpaired) electrons. The molecule has 11 heteroatoms. The van der Waals surface area contributed by atoms with Crippen molar-refractivity contribution in [3.63, 3.8) is 0 Å². The number of hydrogen-bond acceptors (Lipinski definition) is 6. The zero-order chi connectivity index (χ0) is 23.6. The fourth-order valence-corrected chi connectivity index (χ4v) is 3.25. The van der Waals surface area contributed by atoms with Gasteiger partial charge in [-0.15, -0.1) is 13.2 Å². The Kier molecular flexibility index (Phi) is 7.40. The van der Waals surface area contributed by atoms with Gasteiger partial charge >= 0.3 is 18.3 Å². The van der Waals surface area contributed by atoms with E-state index < -0.39 is 52.8 Å². The predicted octanol–water partition coefficient (Wildman–Crippen LogP) is 3.93. The molecule has 1 saturated carbocycles. The molecule has 2 rings (SSSR count). The summed E-state index contributed by atoms with van der Waals surface area (Å²) in [5.74, 6) is -4.41. The van der Waals surface area contributed by atoms with Gasteiger partial charge in [0.2, 0.25) is 0 Å². The van der Waals surface area contributed by atoms with Crippen molar-refractivity contribution in [3.05, 3.63) is 23.5 Å². The summed E-state index contributed by atoms with van der Waals surface area (Å²) in [6, 6.07) is 0.993. The van der Waals surface area contributed by atoms with Gasteiger partial charge in [-0.2, -0.15) is 0 Å². The Morgan fingerprint density at radius 2 is 1.84 bits per heavy atom. The maximum Gasteiger partial charge on any atom is 0.573 e. The Morgan fingerprint density at radius 3 is 2.35 bits per heavy atom. The largest absolute Gasteiger partial charge is 0.573 e. The fourth-order valence-electron chi connectivity index (χ4n) is 3.25. The molecule has 3 N–H and O–H groups in total. The second-order valence-electron chi connectivity index (χ2n) is 8.52. The number of carbonyl (C=O) groups is 2. The van der Waals surface area contributed by atoms with Crippen LogP contribution >= 0.6 is 0 Å². The molecule has 0 spiro atoms. The lowest BCUT2D eigenvalue weighted by Crippen LogP contribution is -2.48. The number of rotatable bonds is 8. The molecule has 31 heavy (non-hydrogen) atoms. The molecule has 1 aromatic carbocycles. The van der Waals surface area contributed by atoms with Gasteiger partial charge in [-0.25, -0.2) is 9.18 Å². The third-order valence-electron chi connectivity index (χ3n) is 4.73. The topological polar surface area (TPSA) is 96.9 Å². The maximum atomic E-state index is 14.1. The van der Waals surface area contributed by atoms with Crippen molar-refractivity contribution in [2.75, 3.05) is 11.9 Å². The van der Waals surface area contributed by atoms with E-state index in [1.807, 2.05) is 0 Å². The molecule has 1 aromatic rings. The van der Waals surface area contributed by atoms with Crippen molar-refractivity contribution in [2.24, 2.45) is 5.92 Å². The van der Waals surface area contributed by atoms with E-state index in [0.717, 1.165) is 6.07 Å². The lowest BCUT2D eigenvalue weighted by atomic mass is 9.76. The van der Waals surface area contributed by atoms with Crippen LogP contribution in [0.1, 0.15) is 50.9 Å². The minimum atomic E-state index is -5.14. The number of nitrogens with one attached hydrogen (secondary N) is 2. The first-order chi connectivity index (χ1) is 14.1. The number of carbonyl (C=O) groups excluding carboxylic acids is 1. The van der Waals surface area contributed by atoms with Gasteiger partial charge in [-0.3, -0.25) is 4.79 Å². The average Bonchev–Trinajstić information content (AvgIpc) is 2.53. The van der Waals surface area contributed by atoms with Crippen molar-refractivity contribution in [1.29, 1.82) is 0 Å². The van der Waals surface area contributed by atoms with E-state index >= 15 is 0 Å². The van der Waals surface area contributed by atoms with Gasteiger partial charge in [0.25, 0.3) is 0 Å². The number of ether oxygens (including phenoxy) is 2. The van der Waals surface area contributed by atoms with Crippen LogP contribution in [0.2, 0.25) is 0 Å². The van der Waals surface area contributed by atoms with E-state index in [1.54, 1.807) is 27.7 Å². The molecule has 0 aromatic heterocycles. The molecule has 0 aliphatic heterocycles. The van der Waals surface area contributed by atoms with Crippen LogP contribution in [-0.2, 0) is 9.53 Å². The Morgan fingerprint density at radius 1 is 1.23 bits per heavy atom. The highest BCUT2D eigenvalue weighted by Crippen LogP contribution is 2.37. The molecule has 0 heterocycles. The summed E-state index contributed by atoms with van der Waals surface area (Å²) in [5, 5.41) is 14.9. The van der Waals surface area contributed by atoms with Crippen LogP contribution in [0.15, 0.2) is 12.1 Å². The molecule has 0 unspecified atom stereocenters. The maximum absolute atomic E-state index is 14.1. The molecular weight excluding hydrogens is 424 g/mol. The molecule has 1 aliphatic carbocycles. The molecule has 7 nitrogen and oxygen atoms in total. The van der Waals surface area contributed by atoms with Gasteiger partial charge in [-0.1, -0.05) is 0 Å². The van der Waals surface area contributed by atoms with Crippen LogP contribution in [0.3, 0.4) is 0 Å². The van der Waals surface area contributed by atoms with Gasteiger partial charge < -0.3 is 25.2 Å². The van der Waals surface area contributed by atoms with Gasteiger partial charge in [0, 0.05) is 12.1 Å². The van der Waals surface area contributed by atoms with Gasteiger partial charge in [0.15, 0.2) is 11.6 Å². The second-order valence-corrected chi connectivity index (χ2v) is 8.52. The normalized spacial score (nSPS) is 19.9. The minimum Gasteiger partial charge on any atom is -0.478 e. The third-order valence-corrected chi connectivity index (χ3v) is 4.73. The lowest BCUT2D eigenvalue weighted by Gasteiger charge is -2.40. The first-order valence-corrected chi connectivity index (χ1v) is 9.69. The summed E-state index contributed by atoms with van der Waals surface area (Å²) in [6.07, 6.45) is -3.90. The van der Waals surface area contributed by atoms with Gasteiger partial charge in [0.1, 0.15) is 5.60 Å². The average molecular weight is 450 g/mol. The van der Waals surface area contributed by atoms with E-state index in [9.17, 15) is 27.2 Å². The number of benzene rings is 1. The molecule has 0 saturated heterocycles. The van der Waals surface area contributed by atoms with Crippen molar-refractivity contribution in [2.45, 2.75) is 64.6 Å². The van der Waals surface area contributed by atoms with Crippen LogP contribution in [0.25, 0.3) is 0 Å². The monoisotopic (exact) mass is 450 g/mol. The predicted molar refractivity (Wildman–Crippen MR) is 103 cm³/mol. The summed E-state index contributed by atoms with van der Waals surface area (Å²) in [6.45, 7) is 7.01. The van der Waals surface area contributed by atoms with Gasteiger partial charge in [0.05, 0.1) is 17.8 Å². The first-order valence-electron chi connectivity index (χ1n) is 9.69. The zero-order valence-corrected chi connectivity index (χ0v) is 17.6. The Labute approximate surface area is 177 Å². The summed E-state index contributed by atoms with van der Waals surface area (Å²) < 4.78 is 61.1. The highest BCUT2D eigenvalue weighted by Gasteiger charge is 2.36. The smallest absolute Gasteiger partial charge is 0.478 e. The SMILES string of the molecule is C[C@H](Nc1cc(C(=O)O)cc(F)c1OC(F)(F)F)C1CC(NCC(=O)OC(C)(C)C)C1. The summed E-state index contributed by atoms with van der Waals surface area (Å²) in [7, 11) is 0. The number of carboxylic acid groups (broad SMARTS) is 1. The molecule has 1 aliphatic rings. The standard InChI is InChI=1S/C20H26F4N2O5/c1-10(11-5-13(6-11)25-9-16(27)30-19(2,3)4)26-15-8-12(18(28)29)7-14(21)17(15)31-20(22,23)24/h7-8,10-11,13,25-26H,5-6,9H2,1-4H3,(H,28,29)/t10-,11?,13?/m0/s1. The highest BCUT2D eigenvalue weighted by atomic mass is 19.4. The molecule has 174 valence electrons. The van der Waals surface area contributed by atoms with Crippen molar-refractivity contribution in [3.8, 4) is 5.75 Å². The number of hydrogen-bond donors (Lipinski definition) is 3.